The van der Waals surface area contributed by atoms with Gasteiger partial charge in [0.1, 0.15) is 5.75 Å². The van der Waals surface area contributed by atoms with E-state index in [4.69, 9.17) is 0 Å². The van der Waals surface area contributed by atoms with Gasteiger partial charge in [0.05, 0.1) is 18.7 Å². The molecule has 0 aliphatic carbocycles. The fourth-order valence-corrected chi connectivity index (χ4v) is 3.21. The van der Waals surface area contributed by atoms with Gasteiger partial charge in [0, 0.05) is 12.1 Å². The number of benzene rings is 1. The van der Waals surface area contributed by atoms with Crippen LogP contribution in [-0.4, -0.2) is 59.5 Å². The Hall–Kier alpha value is -2.41. The van der Waals surface area contributed by atoms with E-state index >= 15 is 0 Å². The highest BCUT2D eigenvalue weighted by Gasteiger charge is 2.42. The van der Waals surface area contributed by atoms with Crippen LogP contribution in [0.2, 0.25) is 0 Å². The first-order chi connectivity index (χ1) is 11.6. The molecule has 1 aromatic rings. The van der Waals surface area contributed by atoms with Gasteiger partial charge in [-0.2, -0.15) is 5.10 Å². The Kier molecular flexibility index (Phi) is 4.80. The molecular formula is C17H21N3O4. The molecule has 2 amide bonds. The summed E-state index contributed by atoms with van der Waals surface area (Å²) in [6, 6.07) is 6.71. The molecule has 1 saturated heterocycles. The molecule has 0 aromatic heterocycles. The van der Waals surface area contributed by atoms with Crippen molar-refractivity contribution in [2.75, 3.05) is 26.7 Å². The van der Waals surface area contributed by atoms with E-state index in [1.165, 1.54) is 13.5 Å². The molecule has 24 heavy (non-hydrogen) atoms. The third-order valence-electron chi connectivity index (χ3n) is 4.46. The van der Waals surface area contributed by atoms with E-state index in [1.54, 1.807) is 24.3 Å². The van der Waals surface area contributed by atoms with Gasteiger partial charge in [-0.15, -0.1) is 5.01 Å². The molecular weight excluding hydrogens is 310 g/mol. The Morgan fingerprint density at radius 3 is 2.67 bits per heavy atom. The van der Waals surface area contributed by atoms with Gasteiger partial charge in [0.15, 0.2) is 0 Å². The maximum Gasteiger partial charge on any atom is 0.437 e. The highest BCUT2D eigenvalue weighted by atomic mass is 16.5. The quantitative estimate of drug-likeness (QED) is 0.913. The molecule has 1 fully saturated rings. The van der Waals surface area contributed by atoms with Crippen LogP contribution in [0.25, 0.3) is 0 Å². The summed E-state index contributed by atoms with van der Waals surface area (Å²) in [6.45, 7) is 2.34. The van der Waals surface area contributed by atoms with Crippen LogP contribution in [0.5, 0.6) is 5.75 Å². The van der Waals surface area contributed by atoms with Crippen LogP contribution in [0.4, 0.5) is 4.79 Å². The first kappa shape index (κ1) is 16.4. The van der Waals surface area contributed by atoms with E-state index in [0.29, 0.717) is 17.8 Å². The number of hydrazone groups is 1. The lowest BCUT2D eigenvalue weighted by Gasteiger charge is -2.28. The number of rotatable bonds is 3. The Morgan fingerprint density at radius 2 is 2.00 bits per heavy atom. The van der Waals surface area contributed by atoms with E-state index in [1.807, 2.05) is 0 Å². The SMILES string of the molecule is COC(=O)N1N=C(c2ccccc2O)[C@@H](CN2CCCCC2)C1=O. The van der Waals surface area contributed by atoms with Crippen molar-refractivity contribution in [1.82, 2.24) is 9.91 Å². The van der Waals surface area contributed by atoms with Crippen molar-refractivity contribution < 1.29 is 19.4 Å². The summed E-state index contributed by atoms with van der Waals surface area (Å²) in [4.78, 5) is 26.7. The van der Waals surface area contributed by atoms with E-state index in [-0.39, 0.29) is 5.75 Å². The molecule has 0 spiro atoms. The maximum atomic E-state index is 12.7. The second kappa shape index (κ2) is 7.00. The van der Waals surface area contributed by atoms with Crippen molar-refractivity contribution in [1.29, 1.82) is 0 Å². The lowest BCUT2D eigenvalue weighted by molar-refractivity contribution is -0.130. The number of piperidine rings is 1. The van der Waals surface area contributed by atoms with Crippen molar-refractivity contribution in [3.05, 3.63) is 29.8 Å². The van der Waals surface area contributed by atoms with Crippen LogP contribution in [0, 0.1) is 5.92 Å². The average molecular weight is 331 g/mol. The van der Waals surface area contributed by atoms with Gasteiger partial charge in [-0.25, -0.2) is 4.79 Å². The van der Waals surface area contributed by atoms with Crippen LogP contribution in [0.1, 0.15) is 24.8 Å². The minimum absolute atomic E-state index is 0.0411. The summed E-state index contributed by atoms with van der Waals surface area (Å²) in [6.07, 6.45) is 2.59. The molecule has 0 bridgehead atoms. The summed E-state index contributed by atoms with van der Waals surface area (Å²) < 4.78 is 4.64. The third-order valence-corrected chi connectivity index (χ3v) is 4.46. The zero-order chi connectivity index (χ0) is 17.1. The number of carbonyl (C=O) groups excluding carboxylic acids is 2. The van der Waals surface area contributed by atoms with Gasteiger partial charge in [-0.05, 0) is 38.1 Å². The van der Waals surface area contributed by atoms with Gasteiger partial charge in [-0.3, -0.25) is 4.79 Å². The highest BCUT2D eigenvalue weighted by Crippen LogP contribution is 2.28. The zero-order valence-electron chi connectivity index (χ0n) is 13.6. The van der Waals surface area contributed by atoms with Crippen LogP contribution in [-0.2, 0) is 9.53 Å². The summed E-state index contributed by atoms with van der Waals surface area (Å²) in [5, 5.41) is 15.0. The summed E-state index contributed by atoms with van der Waals surface area (Å²) >= 11 is 0. The number of aromatic hydroxyl groups is 1. The number of amides is 2. The maximum absolute atomic E-state index is 12.7. The van der Waals surface area contributed by atoms with Gasteiger partial charge >= 0.3 is 6.09 Å². The summed E-state index contributed by atoms with van der Waals surface area (Å²) in [7, 11) is 1.21. The number of carbonyl (C=O) groups is 2. The minimum Gasteiger partial charge on any atom is -0.507 e. The second-order valence-electron chi connectivity index (χ2n) is 6.04. The molecule has 2 aliphatic rings. The number of methoxy groups -OCH3 is 1. The lowest BCUT2D eigenvalue weighted by Crippen LogP contribution is -2.41. The number of ether oxygens (including phenoxy) is 1. The number of hydrogen-bond acceptors (Lipinski definition) is 6. The van der Waals surface area contributed by atoms with Gasteiger partial charge in [0.25, 0.3) is 5.91 Å². The Labute approximate surface area is 140 Å². The predicted octanol–water partition coefficient (Wildman–Crippen LogP) is 1.81. The molecule has 1 atom stereocenters. The smallest absolute Gasteiger partial charge is 0.437 e. The summed E-state index contributed by atoms with van der Waals surface area (Å²) in [5.41, 5.74) is 0.883. The number of likely N-dealkylation sites (tertiary alicyclic amines) is 1. The van der Waals surface area contributed by atoms with E-state index < -0.39 is 17.9 Å². The molecule has 7 nitrogen and oxygen atoms in total. The van der Waals surface area contributed by atoms with Crippen molar-refractivity contribution in [3.63, 3.8) is 0 Å². The zero-order valence-corrected chi connectivity index (χ0v) is 13.6. The normalized spacial score (nSPS) is 21.7. The van der Waals surface area contributed by atoms with Crippen molar-refractivity contribution in [3.8, 4) is 5.75 Å². The Morgan fingerprint density at radius 1 is 1.29 bits per heavy atom. The van der Waals surface area contributed by atoms with Crippen molar-refractivity contribution in [2.45, 2.75) is 19.3 Å². The number of phenolic OH excluding ortho intramolecular Hbond substituents is 1. The molecule has 128 valence electrons. The fourth-order valence-electron chi connectivity index (χ4n) is 3.21. The van der Waals surface area contributed by atoms with E-state index in [0.717, 1.165) is 30.9 Å². The van der Waals surface area contributed by atoms with Crippen LogP contribution in [0.15, 0.2) is 29.4 Å². The molecule has 0 radical (unpaired) electrons. The third kappa shape index (κ3) is 3.12. The van der Waals surface area contributed by atoms with Crippen LogP contribution < -0.4 is 0 Å². The number of para-hydroxylation sites is 1. The van der Waals surface area contributed by atoms with Gasteiger partial charge in [-0.1, -0.05) is 18.6 Å². The minimum atomic E-state index is -0.811. The first-order valence-electron chi connectivity index (χ1n) is 8.13. The topological polar surface area (TPSA) is 82.4 Å². The largest absolute Gasteiger partial charge is 0.507 e. The van der Waals surface area contributed by atoms with E-state index in [9.17, 15) is 14.7 Å². The van der Waals surface area contributed by atoms with Crippen molar-refractivity contribution >= 4 is 17.7 Å². The van der Waals surface area contributed by atoms with Crippen LogP contribution in [0.3, 0.4) is 0 Å². The Bertz CT molecular complexity index is 668. The molecule has 3 rings (SSSR count). The number of imide groups is 1. The summed E-state index contributed by atoms with van der Waals surface area (Å²) in [5.74, 6) is -0.958. The molecule has 2 heterocycles. The number of nitrogens with zero attached hydrogens (tertiary/aromatic N) is 3. The highest BCUT2D eigenvalue weighted by molar-refractivity contribution is 6.20. The molecule has 1 N–H and O–H groups in total. The number of hydrogen-bond donors (Lipinski definition) is 1. The van der Waals surface area contributed by atoms with E-state index in [2.05, 4.69) is 14.7 Å². The van der Waals surface area contributed by atoms with Crippen molar-refractivity contribution in [2.24, 2.45) is 11.0 Å². The fraction of sp³-hybridized carbons (Fsp3) is 0.471. The van der Waals surface area contributed by atoms with Crippen LogP contribution >= 0.6 is 0 Å². The first-order valence-corrected chi connectivity index (χ1v) is 8.13. The van der Waals surface area contributed by atoms with Gasteiger partial charge < -0.3 is 14.7 Å². The average Bonchev–Trinajstić information content (AvgIpc) is 2.92. The second-order valence-corrected chi connectivity index (χ2v) is 6.04. The standard InChI is InChI=1S/C17H21N3O4/c1-24-17(23)20-16(22)13(11-19-9-5-2-6-10-19)15(18-20)12-7-3-4-8-14(12)21/h3-4,7-8,13,21H,2,5-6,9-11H2,1H3/t13-/m1/s1. The number of phenols is 1. The Balaban J connectivity index is 1.91. The monoisotopic (exact) mass is 331 g/mol. The molecule has 0 unspecified atom stereocenters. The molecule has 1 aromatic carbocycles. The molecule has 2 aliphatic heterocycles. The predicted molar refractivity (Wildman–Crippen MR) is 87.7 cm³/mol. The lowest BCUT2D eigenvalue weighted by atomic mass is 9.95. The van der Waals surface area contributed by atoms with Gasteiger partial charge in [0.2, 0.25) is 0 Å². The molecule has 7 heteroatoms. The molecule has 0 saturated carbocycles.